The Balaban J connectivity index is 1.28. The largest absolute Gasteiger partial charge is 0.461 e. The maximum Gasteiger partial charge on any atom is 0.410 e. The van der Waals surface area contributed by atoms with Crippen LogP contribution in [0.1, 0.15) is 90.4 Å². The first-order valence-electron chi connectivity index (χ1n) is 16.6. The number of hydrogen-bond donors (Lipinski definition) is 1. The average molecular weight is 655 g/mol. The van der Waals surface area contributed by atoms with Crippen LogP contribution in [0.5, 0.6) is 0 Å². The van der Waals surface area contributed by atoms with Gasteiger partial charge in [0.1, 0.15) is 22.5 Å². The van der Waals surface area contributed by atoms with Gasteiger partial charge in [0.25, 0.3) is 5.91 Å². The summed E-state index contributed by atoms with van der Waals surface area (Å²) in [7, 11) is 0. The molecule has 0 unspecified atom stereocenters. The van der Waals surface area contributed by atoms with E-state index in [1.807, 2.05) is 20.8 Å². The van der Waals surface area contributed by atoms with Crippen molar-refractivity contribution in [3.63, 3.8) is 0 Å². The predicted octanol–water partition coefficient (Wildman–Crippen LogP) is 3.83. The Hall–Kier alpha value is -3.67. The van der Waals surface area contributed by atoms with Crippen molar-refractivity contribution >= 4 is 29.9 Å². The van der Waals surface area contributed by atoms with E-state index >= 15 is 0 Å². The number of ether oxygens (including phenoxy) is 4. The molecule has 12 nitrogen and oxygen atoms in total. The Morgan fingerprint density at radius 2 is 1.66 bits per heavy atom. The number of aliphatic hydroxyl groups is 1. The van der Waals surface area contributed by atoms with Crippen molar-refractivity contribution in [1.82, 2.24) is 9.80 Å². The first kappa shape index (κ1) is 33.2. The summed E-state index contributed by atoms with van der Waals surface area (Å²) in [5.74, 6) is -2.41. The third-order valence-electron chi connectivity index (χ3n) is 11.1. The van der Waals surface area contributed by atoms with Gasteiger partial charge in [-0.3, -0.25) is 14.4 Å². The number of carbonyl (C=O) groups excluding carboxylic acids is 5. The highest BCUT2D eigenvalue weighted by atomic mass is 16.6. The molecule has 0 bridgehead atoms. The molecular formula is C35H46N2O10. The van der Waals surface area contributed by atoms with Gasteiger partial charge in [0.05, 0.1) is 17.6 Å². The second-order valence-corrected chi connectivity index (χ2v) is 15.8. The van der Waals surface area contributed by atoms with Gasteiger partial charge in [-0.05, 0) is 69.9 Å². The minimum absolute atomic E-state index is 0.107. The van der Waals surface area contributed by atoms with Crippen LogP contribution in [0.3, 0.4) is 0 Å². The van der Waals surface area contributed by atoms with E-state index in [-0.39, 0.29) is 31.0 Å². The molecule has 5 fully saturated rings. The number of benzene rings is 1. The second-order valence-electron chi connectivity index (χ2n) is 15.8. The van der Waals surface area contributed by atoms with E-state index in [2.05, 4.69) is 0 Å². The van der Waals surface area contributed by atoms with Gasteiger partial charge in [-0.2, -0.15) is 0 Å². The molecule has 2 spiro atoms. The van der Waals surface area contributed by atoms with Gasteiger partial charge in [0, 0.05) is 26.1 Å². The van der Waals surface area contributed by atoms with Crippen molar-refractivity contribution in [1.29, 1.82) is 0 Å². The van der Waals surface area contributed by atoms with Crippen molar-refractivity contribution in [3.8, 4) is 0 Å². The molecule has 4 aliphatic heterocycles. The fraction of sp³-hybridized carbons (Fsp3) is 0.686. The van der Waals surface area contributed by atoms with Crippen LogP contribution in [0.15, 0.2) is 30.3 Å². The number of rotatable bonds is 6. The van der Waals surface area contributed by atoms with Crippen molar-refractivity contribution < 1.29 is 48.0 Å². The van der Waals surface area contributed by atoms with E-state index in [9.17, 15) is 29.1 Å². The number of carbonyl (C=O) groups is 5. The van der Waals surface area contributed by atoms with Crippen molar-refractivity contribution in [3.05, 3.63) is 35.9 Å². The minimum atomic E-state index is -1.80. The van der Waals surface area contributed by atoms with Crippen LogP contribution in [0.25, 0.3) is 0 Å². The van der Waals surface area contributed by atoms with Crippen molar-refractivity contribution in [2.24, 2.45) is 22.2 Å². The van der Waals surface area contributed by atoms with Crippen LogP contribution in [-0.4, -0.2) is 94.1 Å². The zero-order valence-corrected chi connectivity index (χ0v) is 28.1. The molecule has 0 radical (unpaired) electrons. The van der Waals surface area contributed by atoms with Gasteiger partial charge in [-0.1, -0.05) is 39.0 Å². The summed E-state index contributed by atoms with van der Waals surface area (Å²) >= 11 is 0. The molecule has 4 heterocycles. The highest BCUT2D eigenvalue weighted by molar-refractivity contribution is 5.99. The van der Waals surface area contributed by atoms with Gasteiger partial charge in [0.15, 0.2) is 12.3 Å². The molecule has 1 aromatic rings. The number of hydrogen-bond acceptors (Lipinski definition) is 10. The molecule has 256 valence electrons. The maximum atomic E-state index is 14.5. The number of nitrogens with zero attached hydrogens (tertiary/aromatic N) is 2. The molecule has 12 heteroatoms. The van der Waals surface area contributed by atoms with Gasteiger partial charge >= 0.3 is 24.0 Å². The summed E-state index contributed by atoms with van der Waals surface area (Å²) in [6, 6.07) is 8.20. The molecule has 1 aliphatic carbocycles. The summed E-state index contributed by atoms with van der Waals surface area (Å²) in [6.45, 7) is 12.2. The highest BCUT2D eigenvalue weighted by Gasteiger charge is 2.93. The molecule has 2 amide bonds. The third kappa shape index (κ3) is 4.92. The SMILES string of the molecule is CC(C)(C)OC(=O)N1CCC(CCCN2C(=O)[C@H](OC(=O)c3ccccc3)[C@@]34[C@@H]2OC(=O)[C@@]32CC(=O)O[C@H]2C[C@@]4(O)C(C)(C)C)CC1. The molecule has 1 N–H and O–H groups in total. The molecule has 4 saturated heterocycles. The molecule has 6 rings (SSSR count). The quantitative estimate of drug-likeness (QED) is 0.354. The Morgan fingerprint density at radius 1 is 1.00 bits per heavy atom. The molecule has 6 atom stereocenters. The van der Waals surface area contributed by atoms with E-state index in [4.69, 9.17) is 18.9 Å². The summed E-state index contributed by atoms with van der Waals surface area (Å²) in [6.07, 6.45) is -1.89. The lowest BCUT2D eigenvalue weighted by Crippen LogP contribution is -2.66. The standard InChI is InChI=1S/C35H46N2O10/c1-31(2,3)34(43)19-23-33(20-24(38)44-23)29(41)46-28-35(33,34)25(45-27(40)22-12-8-7-9-13-22)26(39)37(28)16-10-11-21-14-17-36(18-15-21)30(42)47-32(4,5)6/h7-9,12-13,21,23,25,28,43H,10-11,14-20H2,1-6H3/t23-,25-,28-,33-,34+,35+/m0/s1. The first-order valence-corrected chi connectivity index (χ1v) is 16.6. The normalized spacial score (nSPS) is 33.7. The van der Waals surface area contributed by atoms with Crippen LogP contribution >= 0.6 is 0 Å². The fourth-order valence-corrected chi connectivity index (χ4v) is 8.85. The maximum absolute atomic E-state index is 14.5. The van der Waals surface area contributed by atoms with Crippen LogP contribution in [0.2, 0.25) is 0 Å². The minimum Gasteiger partial charge on any atom is -0.461 e. The first-order chi connectivity index (χ1) is 22.0. The third-order valence-corrected chi connectivity index (χ3v) is 11.1. The average Bonchev–Trinajstić information content (AvgIpc) is 3.60. The van der Waals surface area contributed by atoms with Crippen LogP contribution in [-0.2, 0) is 33.3 Å². The van der Waals surface area contributed by atoms with E-state index in [0.717, 1.165) is 19.3 Å². The Labute approximate surface area is 275 Å². The highest BCUT2D eigenvalue weighted by Crippen LogP contribution is 2.76. The van der Waals surface area contributed by atoms with Crippen LogP contribution < -0.4 is 0 Å². The Bertz CT molecular complexity index is 1460. The molecule has 1 saturated carbocycles. The molecule has 1 aromatic carbocycles. The summed E-state index contributed by atoms with van der Waals surface area (Å²) in [4.78, 5) is 70.5. The molecule has 47 heavy (non-hydrogen) atoms. The number of piperidine rings is 1. The second kappa shape index (κ2) is 11.2. The van der Waals surface area contributed by atoms with E-state index in [0.29, 0.717) is 25.4 Å². The number of likely N-dealkylation sites (tertiary alicyclic amines) is 2. The lowest BCUT2D eigenvalue weighted by molar-refractivity contribution is -0.212. The molecule has 0 aromatic heterocycles. The molecule has 5 aliphatic rings. The summed E-state index contributed by atoms with van der Waals surface area (Å²) in [5.41, 5.74) is -6.62. The summed E-state index contributed by atoms with van der Waals surface area (Å²) in [5, 5.41) is 12.8. The Morgan fingerprint density at radius 3 is 2.28 bits per heavy atom. The molecular weight excluding hydrogens is 608 g/mol. The zero-order chi connectivity index (χ0) is 34.2. The van der Waals surface area contributed by atoms with E-state index in [1.165, 1.54) is 4.90 Å². The van der Waals surface area contributed by atoms with E-state index < -0.39 is 69.7 Å². The van der Waals surface area contributed by atoms with Crippen LogP contribution in [0.4, 0.5) is 4.79 Å². The monoisotopic (exact) mass is 654 g/mol. The Kier molecular flexibility index (Phi) is 7.92. The number of esters is 3. The van der Waals surface area contributed by atoms with Gasteiger partial charge < -0.3 is 33.9 Å². The van der Waals surface area contributed by atoms with E-state index in [1.54, 1.807) is 56.0 Å². The fourth-order valence-electron chi connectivity index (χ4n) is 8.85. The topological polar surface area (TPSA) is 149 Å². The predicted molar refractivity (Wildman–Crippen MR) is 165 cm³/mol. The van der Waals surface area contributed by atoms with Gasteiger partial charge in [-0.25, -0.2) is 9.59 Å². The zero-order valence-electron chi connectivity index (χ0n) is 28.1. The van der Waals surface area contributed by atoms with Crippen molar-refractivity contribution in [2.75, 3.05) is 19.6 Å². The smallest absolute Gasteiger partial charge is 0.410 e. The van der Waals surface area contributed by atoms with Crippen molar-refractivity contribution in [2.45, 2.75) is 110 Å². The van der Waals surface area contributed by atoms with Crippen LogP contribution in [0, 0.1) is 22.2 Å². The van der Waals surface area contributed by atoms with Gasteiger partial charge in [-0.15, -0.1) is 0 Å². The summed E-state index contributed by atoms with van der Waals surface area (Å²) < 4.78 is 23.3. The lowest BCUT2D eigenvalue weighted by Gasteiger charge is -2.51. The lowest BCUT2D eigenvalue weighted by atomic mass is 9.52. The van der Waals surface area contributed by atoms with Gasteiger partial charge in [0.2, 0.25) is 0 Å². The number of amides is 2.